The van der Waals surface area contributed by atoms with Gasteiger partial charge in [0.05, 0.1) is 18.8 Å². The predicted molar refractivity (Wildman–Crippen MR) is 65.4 cm³/mol. The Morgan fingerprint density at radius 2 is 2.41 bits per heavy atom. The molecule has 0 spiro atoms. The minimum Gasteiger partial charge on any atom is -0.468 e. The van der Waals surface area contributed by atoms with Crippen LogP contribution in [-0.4, -0.2) is 35.5 Å². The van der Waals surface area contributed by atoms with Gasteiger partial charge in [-0.15, -0.1) is 0 Å². The minimum absolute atomic E-state index is 0.236. The first kappa shape index (κ1) is 11.9. The molecule has 0 bridgehead atoms. The number of nitrogens with zero attached hydrogens (tertiary/aromatic N) is 2. The van der Waals surface area contributed by atoms with Gasteiger partial charge >= 0.3 is 0 Å². The van der Waals surface area contributed by atoms with Crippen LogP contribution in [0.5, 0.6) is 0 Å². The van der Waals surface area contributed by atoms with Crippen LogP contribution in [0.1, 0.15) is 17.6 Å². The number of aromatic nitrogens is 2. The van der Waals surface area contributed by atoms with E-state index in [4.69, 9.17) is 4.42 Å². The number of likely N-dealkylation sites (N-methyl/N-ethyl adjacent to an activating group) is 1. The van der Waals surface area contributed by atoms with Crippen LogP contribution in [0.15, 0.2) is 35.2 Å². The number of imidazole rings is 1. The summed E-state index contributed by atoms with van der Waals surface area (Å²) < 4.78 is 5.44. The van der Waals surface area contributed by atoms with Crippen molar-refractivity contribution in [2.24, 2.45) is 0 Å². The molecule has 0 amide bonds. The summed E-state index contributed by atoms with van der Waals surface area (Å²) in [6, 6.07) is 4.15. The lowest BCUT2D eigenvalue weighted by Crippen LogP contribution is -2.30. The topological polar surface area (TPSA) is 57.1 Å². The zero-order valence-electron chi connectivity index (χ0n) is 10.2. The molecule has 92 valence electrons. The van der Waals surface area contributed by atoms with E-state index in [0.717, 1.165) is 24.7 Å². The summed E-state index contributed by atoms with van der Waals surface area (Å²) in [7, 11) is 4.09. The maximum atomic E-state index is 5.44. The molecule has 0 saturated carbocycles. The second-order valence-electron chi connectivity index (χ2n) is 4.16. The Morgan fingerprint density at radius 3 is 3.00 bits per heavy atom. The van der Waals surface area contributed by atoms with Gasteiger partial charge in [0, 0.05) is 18.9 Å². The SMILES string of the molecule is CN(C)C(CNCc1ncc[nH]1)c1ccco1. The predicted octanol–water partition coefficient (Wildman–Crippen LogP) is 1.40. The molecule has 0 fully saturated rings. The van der Waals surface area contributed by atoms with E-state index in [-0.39, 0.29) is 6.04 Å². The Kier molecular flexibility index (Phi) is 3.95. The fourth-order valence-corrected chi connectivity index (χ4v) is 1.74. The van der Waals surface area contributed by atoms with Crippen LogP contribution >= 0.6 is 0 Å². The third-order valence-corrected chi connectivity index (χ3v) is 2.68. The minimum atomic E-state index is 0.236. The van der Waals surface area contributed by atoms with Gasteiger partial charge in [0.25, 0.3) is 0 Å². The Balaban J connectivity index is 1.86. The molecule has 2 aromatic heterocycles. The van der Waals surface area contributed by atoms with Gasteiger partial charge in [0.2, 0.25) is 0 Å². The fourth-order valence-electron chi connectivity index (χ4n) is 1.74. The summed E-state index contributed by atoms with van der Waals surface area (Å²) in [6.07, 6.45) is 5.29. The third kappa shape index (κ3) is 3.18. The highest BCUT2D eigenvalue weighted by atomic mass is 16.3. The quantitative estimate of drug-likeness (QED) is 0.793. The van der Waals surface area contributed by atoms with Crippen molar-refractivity contribution in [3.8, 4) is 0 Å². The molecule has 0 aliphatic heterocycles. The molecular weight excluding hydrogens is 216 g/mol. The average Bonchev–Trinajstić information content (AvgIpc) is 2.96. The lowest BCUT2D eigenvalue weighted by atomic mass is 10.2. The average molecular weight is 234 g/mol. The molecule has 2 heterocycles. The third-order valence-electron chi connectivity index (χ3n) is 2.68. The zero-order valence-corrected chi connectivity index (χ0v) is 10.2. The second kappa shape index (κ2) is 5.65. The molecule has 5 nitrogen and oxygen atoms in total. The lowest BCUT2D eigenvalue weighted by molar-refractivity contribution is 0.250. The highest BCUT2D eigenvalue weighted by Crippen LogP contribution is 2.17. The summed E-state index contributed by atoms with van der Waals surface area (Å²) in [5.74, 6) is 1.92. The lowest BCUT2D eigenvalue weighted by Gasteiger charge is -2.22. The molecule has 1 atom stereocenters. The van der Waals surface area contributed by atoms with E-state index in [1.165, 1.54) is 0 Å². The summed E-state index contributed by atoms with van der Waals surface area (Å²) in [5.41, 5.74) is 0. The molecule has 2 N–H and O–H groups in total. The van der Waals surface area contributed by atoms with Gasteiger partial charge < -0.3 is 14.7 Å². The molecule has 0 saturated heterocycles. The van der Waals surface area contributed by atoms with Crippen LogP contribution in [0.4, 0.5) is 0 Å². The smallest absolute Gasteiger partial charge is 0.122 e. The number of furan rings is 1. The van der Waals surface area contributed by atoms with Crippen LogP contribution in [0, 0.1) is 0 Å². The Labute approximate surface area is 101 Å². The van der Waals surface area contributed by atoms with E-state index in [1.807, 2.05) is 32.4 Å². The monoisotopic (exact) mass is 234 g/mol. The molecule has 1 unspecified atom stereocenters. The summed E-state index contributed by atoms with van der Waals surface area (Å²) >= 11 is 0. The van der Waals surface area contributed by atoms with Gasteiger partial charge in [-0.2, -0.15) is 0 Å². The van der Waals surface area contributed by atoms with Crippen LogP contribution in [0.2, 0.25) is 0 Å². The molecule has 2 aromatic rings. The molecule has 0 aliphatic carbocycles. The summed E-state index contributed by atoms with van der Waals surface area (Å²) in [4.78, 5) is 9.36. The van der Waals surface area contributed by atoms with Gasteiger partial charge in [-0.25, -0.2) is 4.98 Å². The van der Waals surface area contributed by atoms with Crippen molar-refractivity contribution in [2.75, 3.05) is 20.6 Å². The van der Waals surface area contributed by atoms with Crippen molar-refractivity contribution in [1.29, 1.82) is 0 Å². The van der Waals surface area contributed by atoms with E-state index < -0.39 is 0 Å². The number of rotatable bonds is 6. The van der Waals surface area contributed by atoms with Crippen LogP contribution in [-0.2, 0) is 6.54 Å². The largest absolute Gasteiger partial charge is 0.468 e. The first-order valence-corrected chi connectivity index (χ1v) is 5.66. The van der Waals surface area contributed by atoms with E-state index >= 15 is 0 Å². The molecular formula is C12H18N4O. The molecule has 0 aromatic carbocycles. The normalized spacial score (nSPS) is 13.1. The Morgan fingerprint density at radius 1 is 1.53 bits per heavy atom. The van der Waals surface area contributed by atoms with Crippen LogP contribution < -0.4 is 5.32 Å². The first-order valence-electron chi connectivity index (χ1n) is 5.66. The van der Waals surface area contributed by atoms with Crippen molar-refractivity contribution in [3.05, 3.63) is 42.4 Å². The van der Waals surface area contributed by atoms with Crippen molar-refractivity contribution < 1.29 is 4.42 Å². The van der Waals surface area contributed by atoms with Gasteiger partial charge in [-0.05, 0) is 26.2 Å². The maximum absolute atomic E-state index is 5.44. The summed E-state index contributed by atoms with van der Waals surface area (Å²) in [6.45, 7) is 1.55. The molecule has 17 heavy (non-hydrogen) atoms. The van der Waals surface area contributed by atoms with Crippen molar-refractivity contribution in [1.82, 2.24) is 20.2 Å². The van der Waals surface area contributed by atoms with E-state index in [1.54, 1.807) is 12.5 Å². The number of hydrogen-bond donors (Lipinski definition) is 2. The van der Waals surface area contributed by atoms with E-state index in [9.17, 15) is 0 Å². The maximum Gasteiger partial charge on any atom is 0.122 e. The number of H-pyrrole nitrogens is 1. The Hall–Kier alpha value is -1.59. The summed E-state index contributed by atoms with van der Waals surface area (Å²) in [5, 5.41) is 3.36. The zero-order chi connectivity index (χ0) is 12.1. The second-order valence-corrected chi connectivity index (χ2v) is 4.16. The molecule has 5 heteroatoms. The number of hydrogen-bond acceptors (Lipinski definition) is 4. The Bertz CT molecular complexity index is 408. The van der Waals surface area contributed by atoms with Crippen LogP contribution in [0.25, 0.3) is 0 Å². The number of nitrogens with one attached hydrogen (secondary N) is 2. The van der Waals surface area contributed by atoms with Gasteiger partial charge in [-0.1, -0.05) is 0 Å². The molecule has 0 radical (unpaired) electrons. The van der Waals surface area contributed by atoms with E-state index in [0.29, 0.717) is 0 Å². The number of aromatic amines is 1. The van der Waals surface area contributed by atoms with Crippen LogP contribution in [0.3, 0.4) is 0 Å². The van der Waals surface area contributed by atoms with Gasteiger partial charge in [-0.3, -0.25) is 4.90 Å². The first-order chi connectivity index (χ1) is 8.27. The van der Waals surface area contributed by atoms with E-state index in [2.05, 4.69) is 20.2 Å². The van der Waals surface area contributed by atoms with Crippen molar-refractivity contribution in [2.45, 2.75) is 12.6 Å². The van der Waals surface area contributed by atoms with Crippen molar-refractivity contribution in [3.63, 3.8) is 0 Å². The highest BCUT2D eigenvalue weighted by molar-refractivity contribution is 5.05. The van der Waals surface area contributed by atoms with Gasteiger partial charge in [0.1, 0.15) is 11.6 Å². The van der Waals surface area contributed by atoms with Gasteiger partial charge in [0.15, 0.2) is 0 Å². The van der Waals surface area contributed by atoms with Crippen molar-refractivity contribution >= 4 is 0 Å². The fraction of sp³-hybridized carbons (Fsp3) is 0.417. The highest BCUT2D eigenvalue weighted by Gasteiger charge is 2.16. The standard InChI is InChI=1S/C12H18N4O/c1-16(2)10(11-4-3-7-17-11)8-13-9-12-14-5-6-15-12/h3-7,10,13H,8-9H2,1-2H3,(H,14,15). The molecule has 0 aliphatic rings. The molecule has 2 rings (SSSR count).